The second-order valence-corrected chi connectivity index (χ2v) is 4.49. The Morgan fingerprint density at radius 1 is 1.47 bits per heavy atom. The van der Waals surface area contributed by atoms with Crippen molar-refractivity contribution in [2.75, 3.05) is 19.4 Å². The van der Waals surface area contributed by atoms with E-state index in [0.717, 1.165) is 5.56 Å². The molecule has 0 saturated heterocycles. The third-order valence-corrected chi connectivity index (χ3v) is 3.34. The number of nitrogens with zero attached hydrogens (tertiary/aromatic N) is 1. The lowest BCUT2D eigenvalue weighted by atomic mass is 10.1. The smallest absolute Gasteiger partial charge is 0.315 e. The van der Waals surface area contributed by atoms with Gasteiger partial charge in [-0.25, -0.2) is 0 Å². The lowest BCUT2D eigenvalue weighted by Crippen LogP contribution is -2.13. The number of hydrogen-bond donors (Lipinski definition) is 0. The molecule has 0 radical (unpaired) electrons. The molecule has 17 heavy (non-hydrogen) atoms. The summed E-state index contributed by atoms with van der Waals surface area (Å²) >= 11 is 1.22. The molecule has 0 amide bonds. The van der Waals surface area contributed by atoms with Gasteiger partial charge in [-0.3, -0.25) is 14.9 Å². The summed E-state index contributed by atoms with van der Waals surface area (Å²) in [6.07, 6.45) is 0. The highest BCUT2D eigenvalue weighted by molar-refractivity contribution is 8.00. The molecule has 0 aromatic heterocycles. The molecule has 0 fully saturated rings. The first-order valence-electron chi connectivity index (χ1n) is 4.98. The summed E-state index contributed by atoms with van der Waals surface area (Å²) < 4.78 is 4.51. The van der Waals surface area contributed by atoms with Crippen molar-refractivity contribution in [1.29, 1.82) is 0 Å². The lowest BCUT2D eigenvalue weighted by Gasteiger charge is -2.11. The van der Waals surface area contributed by atoms with Gasteiger partial charge in [0.1, 0.15) is 0 Å². The number of carbonyl (C=O) groups is 1. The number of rotatable bonds is 6. The maximum absolute atomic E-state index is 11.0. The van der Waals surface area contributed by atoms with Crippen LogP contribution < -0.4 is 0 Å². The van der Waals surface area contributed by atoms with E-state index in [1.54, 1.807) is 0 Å². The Morgan fingerprint density at radius 2 is 2.12 bits per heavy atom. The zero-order valence-electron chi connectivity index (χ0n) is 9.37. The van der Waals surface area contributed by atoms with Crippen molar-refractivity contribution in [3.8, 4) is 0 Å². The van der Waals surface area contributed by atoms with E-state index in [1.165, 1.54) is 18.9 Å². The summed E-state index contributed by atoms with van der Waals surface area (Å²) in [4.78, 5) is 21.2. The molecule has 92 valence electrons. The molecule has 5 nitrogen and oxygen atoms in total. The number of methoxy groups -OCH3 is 1. The minimum Gasteiger partial charge on any atom is -0.468 e. The first kappa shape index (κ1) is 13.5. The molecule has 0 bridgehead atoms. The van der Waals surface area contributed by atoms with Gasteiger partial charge in [0, 0.05) is 4.92 Å². The summed E-state index contributed by atoms with van der Waals surface area (Å²) in [6, 6.07) is 9.12. The van der Waals surface area contributed by atoms with Gasteiger partial charge < -0.3 is 4.74 Å². The number of esters is 1. The highest BCUT2D eigenvalue weighted by Crippen LogP contribution is 2.28. The molecular weight excluding hydrogens is 242 g/mol. The summed E-state index contributed by atoms with van der Waals surface area (Å²) in [6.45, 7) is -0.203. The molecule has 0 saturated carbocycles. The summed E-state index contributed by atoms with van der Waals surface area (Å²) in [5.74, 6) is -0.261. The van der Waals surface area contributed by atoms with Crippen molar-refractivity contribution in [2.24, 2.45) is 0 Å². The molecule has 1 atom stereocenters. The van der Waals surface area contributed by atoms with Crippen molar-refractivity contribution in [3.05, 3.63) is 46.0 Å². The molecule has 1 unspecified atom stereocenters. The average molecular weight is 255 g/mol. The molecule has 1 aromatic rings. The number of carbonyl (C=O) groups excluding carboxylic acids is 1. The third-order valence-electron chi connectivity index (χ3n) is 2.12. The molecular formula is C11H13NO4S. The van der Waals surface area contributed by atoms with Gasteiger partial charge in [0.2, 0.25) is 6.54 Å². The standard InChI is InChI=1S/C11H13NO4S/c1-16-11(13)8-17-10(7-12(14)15)9-5-3-2-4-6-9/h2-6,10H,7-8H2,1H3. The topological polar surface area (TPSA) is 69.4 Å². The fourth-order valence-electron chi connectivity index (χ4n) is 1.28. The van der Waals surface area contributed by atoms with Crippen LogP contribution in [0, 0.1) is 10.1 Å². The van der Waals surface area contributed by atoms with Crippen LogP contribution >= 0.6 is 11.8 Å². The fourth-order valence-corrected chi connectivity index (χ4v) is 2.32. The normalized spacial score (nSPS) is 11.8. The van der Waals surface area contributed by atoms with E-state index < -0.39 is 0 Å². The van der Waals surface area contributed by atoms with Crippen LogP contribution in [0.1, 0.15) is 10.8 Å². The van der Waals surface area contributed by atoms with E-state index in [2.05, 4.69) is 4.74 Å². The van der Waals surface area contributed by atoms with E-state index in [-0.39, 0.29) is 28.4 Å². The zero-order valence-corrected chi connectivity index (χ0v) is 10.2. The van der Waals surface area contributed by atoms with Crippen LogP contribution in [0.5, 0.6) is 0 Å². The molecule has 0 heterocycles. The van der Waals surface area contributed by atoms with Crippen LogP contribution in [0.15, 0.2) is 30.3 Å². The van der Waals surface area contributed by atoms with Crippen molar-refractivity contribution in [1.82, 2.24) is 0 Å². The molecule has 6 heteroatoms. The summed E-state index contributed by atoms with van der Waals surface area (Å²) in [5.41, 5.74) is 0.845. The van der Waals surface area contributed by atoms with Gasteiger partial charge in [0.25, 0.3) is 0 Å². The van der Waals surface area contributed by atoms with Gasteiger partial charge in [-0.05, 0) is 5.56 Å². The van der Waals surface area contributed by atoms with Crippen molar-refractivity contribution >= 4 is 17.7 Å². The molecule has 0 aliphatic heterocycles. The predicted octanol–water partition coefficient (Wildman–Crippen LogP) is 1.91. The lowest BCUT2D eigenvalue weighted by molar-refractivity contribution is -0.479. The quantitative estimate of drug-likeness (QED) is 0.441. The molecule has 1 rings (SSSR count). The van der Waals surface area contributed by atoms with Crippen molar-refractivity contribution < 1.29 is 14.5 Å². The second-order valence-electron chi connectivity index (χ2n) is 3.30. The molecule has 1 aromatic carbocycles. The van der Waals surface area contributed by atoms with Crippen molar-refractivity contribution in [2.45, 2.75) is 5.25 Å². The van der Waals surface area contributed by atoms with Gasteiger partial charge in [0.15, 0.2) is 0 Å². The summed E-state index contributed by atoms with van der Waals surface area (Å²) in [7, 11) is 1.30. The Kier molecular flexibility index (Phi) is 5.48. The minimum atomic E-state index is -0.376. The van der Waals surface area contributed by atoms with Crippen LogP contribution in [0.3, 0.4) is 0 Å². The SMILES string of the molecule is COC(=O)CSC(C[N+](=O)[O-])c1ccccc1. The van der Waals surface area contributed by atoms with E-state index in [4.69, 9.17) is 0 Å². The van der Waals surface area contributed by atoms with E-state index >= 15 is 0 Å². The minimum absolute atomic E-state index is 0.115. The highest BCUT2D eigenvalue weighted by atomic mass is 32.2. The maximum Gasteiger partial charge on any atom is 0.315 e. The average Bonchev–Trinajstić information content (AvgIpc) is 2.34. The Hall–Kier alpha value is -1.56. The van der Waals surface area contributed by atoms with Gasteiger partial charge in [-0.1, -0.05) is 30.3 Å². The van der Waals surface area contributed by atoms with Crippen LogP contribution in [0.4, 0.5) is 0 Å². The summed E-state index contributed by atoms with van der Waals surface area (Å²) in [5, 5.41) is 10.2. The second kappa shape index (κ2) is 6.90. The zero-order chi connectivity index (χ0) is 12.7. The Morgan fingerprint density at radius 3 is 2.65 bits per heavy atom. The predicted molar refractivity (Wildman–Crippen MR) is 65.5 cm³/mol. The first-order chi connectivity index (χ1) is 8.13. The monoisotopic (exact) mass is 255 g/mol. The number of thioether (sulfide) groups is 1. The van der Waals surface area contributed by atoms with Crippen molar-refractivity contribution in [3.63, 3.8) is 0 Å². The van der Waals surface area contributed by atoms with E-state index in [1.807, 2.05) is 30.3 Å². The number of benzene rings is 1. The van der Waals surface area contributed by atoms with Crippen LogP contribution in [-0.2, 0) is 9.53 Å². The largest absolute Gasteiger partial charge is 0.468 e. The maximum atomic E-state index is 11.0. The number of ether oxygens (including phenoxy) is 1. The Bertz CT molecular complexity index is 382. The van der Waals surface area contributed by atoms with Gasteiger partial charge in [-0.15, -0.1) is 11.8 Å². The van der Waals surface area contributed by atoms with Gasteiger partial charge in [-0.2, -0.15) is 0 Å². The molecule has 0 aliphatic rings. The Labute approximate surface area is 103 Å². The number of nitro groups is 1. The van der Waals surface area contributed by atoms with Crippen LogP contribution in [0.2, 0.25) is 0 Å². The molecule has 0 aliphatic carbocycles. The van der Waals surface area contributed by atoms with E-state index in [9.17, 15) is 14.9 Å². The van der Waals surface area contributed by atoms with Crippen LogP contribution in [-0.4, -0.2) is 30.3 Å². The molecule has 0 N–H and O–H groups in total. The third kappa shape index (κ3) is 4.86. The highest BCUT2D eigenvalue weighted by Gasteiger charge is 2.19. The fraction of sp³-hybridized carbons (Fsp3) is 0.364. The Balaban J connectivity index is 2.67. The van der Waals surface area contributed by atoms with Gasteiger partial charge in [0.05, 0.1) is 18.1 Å². The molecule has 0 spiro atoms. The van der Waals surface area contributed by atoms with Crippen LogP contribution in [0.25, 0.3) is 0 Å². The van der Waals surface area contributed by atoms with E-state index in [0.29, 0.717) is 0 Å². The number of hydrogen-bond acceptors (Lipinski definition) is 5. The van der Waals surface area contributed by atoms with Gasteiger partial charge >= 0.3 is 5.97 Å². The first-order valence-corrected chi connectivity index (χ1v) is 6.03.